The molecule has 0 unspecified atom stereocenters. The van der Waals surface area contributed by atoms with E-state index in [9.17, 15) is 9.90 Å². The topological polar surface area (TPSA) is 70.2 Å². The third kappa shape index (κ3) is 6.79. The van der Waals surface area contributed by atoms with Crippen molar-refractivity contribution in [1.29, 1.82) is 0 Å². The van der Waals surface area contributed by atoms with Gasteiger partial charge in [0.1, 0.15) is 0 Å². The van der Waals surface area contributed by atoms with Crippen LogP contribution in [0, 0.1) is 13.8 Å². The van der Waals surface area contributed by atoms with Gasteiger partial charge in [0.15, 0.2) is 19.5 Å². The summed E-state index contributed by atoms with van der Waals surface area (Å²) >= 11 is 0. The lowest BCUT2D eigenvalue weighted by Gasteiger charge is -2.17. The summed E-state index contributed by atoms with van der Waals surface area (Å²) in [5, 5.41) is 20.8. The van der Waals surface area contributed by atoms with Crippen LogP contribution in [0.1, 0.15) is 45.2 Å². The first-order chi connectivity index (χ1) is 14.8. The smallest absolute Gasteiger partial charge is 0.282 e. The summed E-state index contributed by atoms with van der Waals surface area (Å²) < 4.78 is 1.18. The fraction of sp³-hybridized carbons (Fsp3) is 0.375. The highest BCUT2D eigenvalue weighted by Crippen LogP contribution is 2.27. The molecule has 0 atom stereocenters. The van der Waals surface area contributed by atoms with E-state index in [-0.39, 0.29) is 18.2 Å². The zero-order valence-corrected chi connectivity index (χ0v) is 19.7. The Kier molecular flexibility index (Phi) is 10.7. The molecule has 6 nitrogen and oxygen atoms in total. The quantitative estimate of drug-likeness (QED) is 0.406. The molecule has 0 fully saturated rings. The van der Waals surface area contributed by atoms with Gasteiger partial charge in [0.2, 0.25) is 0 Å². The van der Waals surface area contributed by atoms with Gasteiger partial charge >= 0.3 is 0 Å². The van der Waals surface area contributed by atoms with Crippen molar-refractivity contribution >= 4 is 30.1 Å². The number of benzene rings is 2. The standard InChI is InChI=1S/C19H19BN4O2.C3H8.C2H6/c1-12-13(2)18(25)24(11-23(3)20)19(26)17(12)22-21-16-9-8-14-6-4-5-7-15(14)10-16;1-3-2;1-2/h4-10,25H,11H2,1-3H3;3H2,1-2H3;1-2H3. The van der Waals surface area contributed by atoms with Gasteiger partial charge in [-0.25, -0.2) is 0 Å². The highest BCUT2D eigenvalue weighted by molar-refractivity contribution is 6.03. The van der Waals surface area contributed by atoms with Crippen LogP contribution in [0.25, 0.3) is 10.8 Å². The highest BCUT2D eigenvalue weighted by atomic mass is 16.3. The molecule has 3 rings (SSSR count). The van der Waals surface area contributed by atoms with Crippen LogP contribution in [0.2, 0.25) is 0 Å². The lowest BCUT2D eigenvalue weighted by Crippen LogP contribution is -2.29. The lowest BCUT2D eigenvalue weighted by molar-refractivity contribution is 0.347. The zero-order chi connectivity index (χ0) is 23.6. The van der Waals surface area contributed by atoms with Gasteiger partial charge < -0.3 is 9.92 Å². The van der Waals surface area contributed by atoms with Gasteiger partial charge in [-0.05, 0) is 49.4 Å². The van der Waals surface area contributed by atoms with Gasteiger partial charge in [0.05, 0.1) is 12.4 Å². The van der Waals surface area contributed by atoms with Gasteiger partial charge in [-0.2, -0.15) is 5.11 Å². The van der Waals surface area contributed by atoms with Crippen molar-refractivity contribution in [3.05, 3.63) is 63.9 Å². The van der Waals surface area contributed by atoms with E-state index >= 15 is 0 Å². The van der Waals surface area contributed by atoms with Gasteiger partial charge in [-0.15, -0.1) is 5.11 Å². The molecule has 0 aliphatic carbocycles. The van der Waals surface area contributed by atoms with Crippen LogP contribution >= 0.6 is 0 Å². The first kappa shape index (κ1) is 26.1. The molecule has 1 heterocycles. The van der Waals surface area contributed by atoms with E-state index < -0.39 is 5.56 Å². The summed E-state index contributed by atoms with van der Waals surface area (Å²) in [7, 11) is 7.24. The summed E-state index contributed by atoms with van der Waals surface area (Å²) in [5.41, 5.74) is 1.56. The number of azo groups is 1. The molecular formula is C24H33BN4O2. The Balaban J connectivity index is 0.000000884. The number of pyridine rings is 1. The van der Waals surface area contributed by atoms with Crippen LogP contribution in [0.4, 0.5) is 11.4 Å². The molecule has 0 aliphatic heterocycles. The van der Waals surface area contributed by atoms with E-state index in [0.29, 0.717) is 16.8 Å². The number of hydrogen-bond donors (Lipinski definition) is 1. The molecule has 0 saturated carbocycles. The van der Waals surface area contributed by atoms with Crippen LogP contribution in [0.5, 0.6) is 5.88 Å². The van der Waals surface area contributed by atoms with Gasteiger partial charge in [-0.3, -0.25) is 9.36 Å². The van der Waals surface area contributed by atoms with Crippen LogP contribution in [-0.2, 0) is 6.67 Å². The maximum Gasteiger partial charge on any atom is 0.282 e. The minimum Gasteiger partial charge on any atom is -0.494 e. The third-order valence-electron chi connectivity index (χ3n) is 4.32. The second-order valence-corrected chi connectivity index (χ2v) is 6.99. The predicted molar refractivity (Wildman–Crippen MR) is 131 cm³/mol. The number of hydrogen-bond acceptors (Lipinski definition) is 5. The van der Waals surface area contributed by atoms with Crippen molar-refractivity contribution in [3.8, 4) is 5.88 Å². The molecule has 1 aromatic heterocycles. The Morgan fingerprint density at radius 2 is 1.58 bits per heavy atom. The Labute approximate surface area is 186 Å². The second kappa shape index (κ2) is 12.7. The molecule has 0 spiro atoms. The maximum atomic E-state index is 12.7. The minimum atomic E-state index is -0.438. The molecule has 164 valence electrons. The molecular weight excluding hydrogens is 387 g/mol. The van der Waals surface area contributed by atoms with Gasteiger partial charge in [-0.1, -0.05) is 64.4 Å². The second-order valence-electron chi connectivity index (χ2n) is 6.99. The number of rotatable bonds is 4. The molecule has 0 aliphatic rings. The first-order valence-corrected chi connectivity index (χ1v) is 10.6. The number of fused-ring (bicyclic) bond motifs is 1. The largest absolute Gasteiger partial charge is 0.494 e. The van der Waals surface area contributed by atoms with Crippen molar-refractivity contribution in [3.63, 3.8) is 0 Å². The predicted octanol–water partition coefficient (Wildman–Crippen LogP) is 6.15. The fourth-order valence-corrected chi connectivity index (χ4v) is 2.75. The molecule has 1 N–H and O–H groups in total. The molecule has 7 heteroatoms. The summed E-state index contributed by atoms with van der Waals surface area (Å²) in [5.74, 6) is -0.116. The number of aromatic hydroxyl groups is 1. The van der Waals surface area contributed by atoms with Crippen molar-refractivity contribution in [2.24, 2.45) is 10.2 Å². The van der Waals surface area contributed by atoms with Crippen molar-refractivity contribution in [1.82, 2.24) is 9.38 Å². The van der Waals surface area contributed by atoms with E-state index in [2.05, 4.69) is 24.1 Å². The molecule has 3 aromatic rings. The number of nitrogens with zero attached hydrogens (tertiary/aromatic N) is 4. The fourth-order valence-electron chi connectivity index (χ4n) is 2.75. The van der Waals surface area contributed by atoms with E-state index in [0.717, 1.165) is 10.8 Å². The van der Waals surface area contributed by atoms with Crippen LogP contribution in [-0.4, -0.2) is 29.5 Å². The summed E-state index contributed by atoms with van der Waals surface area (Å²) in [6.45, 7) is 11.8. The average molecular weight is 420 g/mol. The monoisotopic (exact) mass is 420 g/mol. The lowest BCUT2D eigenvalue weighted by atomic mass is 10.1. The van der Waals surface area contributed by atoms with Crippen LogP contribution in [0.15, 0.2) is 57.5 Å². The van der Waals surface area contributed by atoms with Crippen LogP contribution < -0.4 is 5.56 Å². The highest BCUT2D eigenvalue weighted by Gasteiger charge is 2.16. The zero-order valence-electron chi connectivity index (χ0n) is 19.7. The summed E-state index contributed by atoms with van der Waals surface area (Å²) in [6, 6.07) is 13.7. The van der Waals surface area contributed by atoms with E-state index in [4.69, 9.17) is 7.98 Å². The average Bonchev–Trinajstić information content (AvgIpc) is 2.77. The van der Waals surface area contributed by atoms with Crippen molar-refractivity contribution in [2.45, 2.75) is 54.6 Å². The van der Waals surface area contributed by atoms with E-state index in [1.165, 1.54) is 15.8 Å². The maximum absolute atomic E-state index is 12.7. The molecule has 31 heavy (non-hydrogen) atoms. The normalized spacial score (nSPS) is 10.6. The third-order valence-corrected chi connectivity index (χ3v) is 4.32. The molecule has 2 radical (unpaired) electrons. The molecule has 0 amide bonds. The SMILES string of the molecule is CC.CCC.[B]N(C)Cn1c(O)c(C)c(C)c(N=Nc2ccc3ccccc3c2)c1=O. The summed E-state index contributed by atoms with van der Waals surface area (Å²) in [4.78, 5) is 14.0. The Bertz CT molecular complexity index is 1080. The number of aromatic nitrogens is 1. The Morgan fingerprint density at radius 1 is 1.00 bits per heavy atom. The Hall–Kier alpha value is -2.93. The first-order valence-electron chi connectivity index (χ1n) is 10.6. The van der Waals surface area contributed by atoms with E-state index in [1.54, 1.807) is 20.9 Å². The van der Waals surface area contributed by atoms with Crippen molar-refractivity contribution in [2.75, 3.05) is 7.05 Å². The van der Waals surface area contributed by atoms with Gasteiger partial charge in [0, 0.05) is 5.56 Å². The molecule has 0 saturated heterocycles. The van der Waals surface area contributed by atoms with Crippen LogP contribution in [0.3, 0.4) is 0 Å². The molecule has 2 aromatic carbocycles. The van der Waals surface area contributed by atoms with Crippen molar-refractivity contribution < 1.29 is 5.11 Å². The Morgan fingerprint density at radius 3 is 2.16 bits per heavy atom. The van der Waals surface area contributed by atoms with Gasteiger partial charge in [0.25, 0.3) is 5.56 Å². The minimum absolute atomic E-state index is 0.0459. The summed E-state index contributed by atoms with van der Waals surface area (Å²) in [6.07, 6.45) is 1.25. The van der Waals surface area contributed by atoms with E-state index in [1.807, 2.05) is 56.3 Å². The molecule has 0 bridgehead atoms.